The Labute approximate surface area is 111 Å². The monoisotopic (exact) mass is 275 g/mol. The highest BCUT2D eigenvalue weighted by Crippen LogP contribution is 2.21. The molecule has 0 radical (unpaired) electrons. The molecule has 17 heavy (non-hydrogen) atoms. The molecule has 1 rings (SSSR count). The van der Waals surface area contributed by atoms with Crippen LogP contribution < -0.4 is 11.1 Å². The number of rotatable bonds is 4. The van der Waals surface area contributed by atoms with E-state index in [1.165, 1.54) is 6.20 Å². The second kappa shape index (κ2) is 6.51. The van der Waals surface area contributed by atoms with E-state index in [-0.39, 0.29) is 0 Å². The Kier molecular flexibility index (Phi) is 5.31. The van der Waals surface area contributed by atoms with E-state index in [4.69, 9.17) is 28.9 Å². The smallest absolute Gasteiger partial charge is 0.190 e. The standard InChI is InChI=1S/C10H15Cl2N5/c1-17(2)10(13)15-4-3-14-9-8(12)5-7(11)6-16-9/h5-6H,3-4H2,1-2H3,(H2,13,15)(H,14,16). The van der Waals surface area contributed by atoms with Gasteiger partial charge in [-0.1, -0.05) is 23.2 Å². The number of aromatic nitrogens is 1. The Balaban J connectivity index is 2.44. The van der Waals surface area contributed by atoms with Gasteiger partial charge in [0.05, 0.1) is 16.6 Å². The van der Waals surface area contributed by atoms with E-state index < -0.39 is 0 Å². The Morgan fingerprint density at radius 1 is 1.53 bits per heavy atom. The maximum Gasteiger partial charge on any atom is 0.190 e. The van der Waals surface area contributed by atoms with Crippen LogP contribution in [0.15, 0.2) is 17.3 Å². The lowest BCUT2D eigenvalue weighted by Gasteiger charge is -2.11. The van der Waals surface area contributed by atoms with Gasteiger partial charge in [-0.3, -0.25) is 4.99 Å². The van der Waals surface area contributed by atoms with Gasteiger partial charge in [0.2, 0.25) is 0 Å². The van der Waals surface area contributed by atoms with Crippen molar-refractivity contribution in [2.75, 3.05) is 32.5 Å². The van der Waals surface area contributed by atoms with Crippen LogP contribution in [0.4, 0.5) is 5.82 Å². The maximum atomic E-state index is 5.94. The summed E-state index contributed by atoms with van der Waals surface area (Å²) in [6.07, 6.45) is 1.53. The van der Waals surface area contributed by atoms with E-state index >= 15 is 0 Å². The maximum absolute atomic E-state index is 5.94. The van der Waals surface area contributed by atoms with Gasteiger partial charge in [-0.05, 0) is 6.07 Å². The highest BCUT2D eigenvalue weighted by atomic mass is 35.5. The van der Waals surface area contributed by atoms with Gasteiger partial charge in [-0.15, -0.1) is 0 Å². The first-order chi connectivity index (χ1) is 8.00. The second-order valence-corrected chi connectivity index (χ2v) is 4.39. The summed E-state index contributed by atoms with van der Waals surface area (Å²) >= 11 is 11.7. The van der Waals surface area contributed by atoms with Crippen molar-refractivity contribution in [3.63, 3.8) is 0 Å². The summed E-state index contributed by atoms with van der Waals surface area (Å²) in [4.78, 5) is 9.95. The van der Waals surface area contributed by atoms with Crippen LogP contribution >= 0.6 is 23.2 Å². The molecule has 1 aromatic heterocycles. The lowest BCUT2D eigenvalue weighted by atomic mass is 10.4. The molecule has 1 heterocycles. The molecular formula is C10H15Cl2N5. The molecule has 0 atom stereocenters. The van der Waals surface area contributed by atoms with Gasteiger partial charge < -0.3 is 16.0 Å². The third kappa shape index (κ3) is 4.66. The lowest BCUT2D eigenvalue weighted by molar-refractivity contribution is 0.610. The number of guanidine groups is 1. The van der Waals surface area contributed by atoms with Crippen molar-refractivity contribution in [3.05, 3.63) is 22.3 Å². The third-order valence-corrected chi connectivity index (χ3v) is 2.44. The molecule has 0 spiro atoms. The van der Waals surface area contributed by atoms with Crippen LogP contribution in [0, 0.1) is 0 Å². The van der Waals surface area contributed by atoms with Crippen molar-refractivity contribution in [2.45, 2.75) is 0 Å². The Morgan fingerprint density at radius 3 is 2.82 bits per heavy atom. The fourth-order valence-electron chi connectivity index (χ4n) is 1.03. The van der Waals surface area contributed by atoms with Crippen LogP contribution in [-0.2, 0) is 0 Å². The third-order valence-electron chi connectivity index (χ3n) is 1.94. The van der Waals surface area contributed by atoms with E-state index in [0.717, 1.165) is 0 Å². The molecule has 0 saturated heterocycles. The van der Waals surface area contributed by atoms with Crippen molar-refractivity contribution in [1.29, 1.82) is 0 Å². The van der Waals surface area contributed by atoms with Gasteiger partial charge in [-0.2, -0.15) is 0 Å². The minimum Gasteiger partial charge on any atom is -0.370 e. The predicted octanol–water partition coefficient (Wildman–Crippen LogP) is 1.68. The normalized spacial score (nSPS) is 11.4. The number of hydrogen-bond donors (Lipinski definition) is 2. The quantitative estimate of drug-likeness (QED) is 0.499. The summed E-state index contributed by atoms with van der Waals surface area (Å²) in [5, 5.41) is 4.05. The van der Waals surface area contributed by atoms with Crippen LogP contribution in [0.3, 0.4) is 0 Å². The van der Waals surface area contributed by atoms with E-state index in [9.17, 15) is 0 Å². The van der Waals surface area contributed by atoms with E-state index in [0.29, 0.717) is 34.9 Å². The molecule has 0 aliphatic carbocycles. The number of halogens is 2. The van der Waals surface area contributed by atoms with E-state index in [1.54, 1.807) is 11.0 Å². The fourth-order valence-corrected chi connectivity index (χ4v) is 1.48. The predicted molar refractivity (Wildman–Crippen MR) is 72.9 cm³/mol. The van der Waals surface area contributed by atoms with Gasteiger partial charge in [0.1, 0.15) is 5.82 Å². The van der Waals surface area contributed by atoms with Gasteiger partial charge >= 0.3 is 0 Å². The number of aliphatic imine (C=N–C) groups is 1. The number of nitrogens with two attached hydrogens (primary N) is 1. The molecule has 94 valence electrons. The molecule has 5 nitrogen and oxygen atoms in total. The first-order valence-electron chi connectivity index (χ1n) is 5.03. The first kappa shape index (κ1) is 13.9. The lowest BCUT2D eigenvalue weighted by Crippen LogP contribution is -2.31. The summed E-state index contributed by atoms with van der Waals surface area (Å²) in [5.41, 5.74) is 5.63. The van der Waals surface area contributed by atoms with Crippen LogP contribution in [0.25, 0.3) is 0 Å². The van der Waals surface area contributed by atoms with Gasteiger partial charge in [0.15, 0.2) is 5.96 Å². The van der Waals surface area contributed by atoms with Crippen molar-refractivity contribution in [1.82, 2.24) is 9.88 Å². The van der Waals surface area contributed by atoms with Gasteiger partial charge in [0, 0.05) is 26.8 Å². The van der Waals surface area contributed by atoms with Crippen LogP contribution in [0.1, 0.15) is 0 Å². The highest BCUT2D eigenvalue weighted by Gasteiger charge is 2.01. The second-order valence-electron chi connectivity index (χ2n) is 3.55. The largest absolute Gasteiger partial charge is 0.370 e. The van der Waals surface area contributed by atoms with E-state index in [1.807, 2.05) is 14.1 Å². The summed E-state index contributed by atoms with van der Waals surface area (Å²) in [6, 6.07) is 1.63. The summed E-state index contributed by atoms with van der Waals surface area (Å²) in [5.74, 6) is 1.08. The Bertz CT molecular complexity index is 406. The number of hydrogen-bond acceptors (Lipinski definition) is 3. The topological polar surface area (TPSA) is 66.5 Å². The summed E-state index contributed by atoms with van der Waals surface area (Å²) in [7, 11) is 3.67. The zero-order valence-electron chi connectivity index (χ0n) is 9.74. The van der Waals surface area contributed by atoms with Gasteiger partial charge in [0.25, 0.3) is 0 Å². The van der Waals surface area contributed by atoms with Crippen LogP contribution in [0.2, 0.25) is 10.0 Å². The molecule has 1 aromatic rings. The summed E-state index contributed by atoms with van der Waals surface area (Å²) in [6.45, 7) is 1.15. The zero-order valence-corrected chi connectivity index (χ0v) is 11.3. The zero-order chi connectivity index (χ0) is 12.8. The number of pyridine rings is 1. The van der Waals surface area contributed by atoms with Crippen molar-refractivity contribution in [2.24, 2.45) is 10.7 Å². The molecule has 0 unspecified atom stereocenters. The molecular weight excluding hydrogens is 261 g/mol. The minimum atomic E-state index is 0.488. The van der Waals surface area contributed by atoms with Crippen LogP contribution in [-0.4, -0.2) is 43.0 Å². The minimum absolute atomic E-state index is 0.488. The fraction of sp³-hybridized carbons (Fsp3) is 0.400. The molecule has 0 amide bonds. The SMILES string of the molecule is CN(C)C(N)=NCCNc1ncc(Cl)cc1Cl. The molecule has 0 aliphatic heterocycles. The average molecular weight is 276 g/mol. The molecule has 0 bridgehead atoms. The Hall–Kier alpha value is -1.20. The van der Waals surface area contributed by atoms with Gasteiger partial charge in [-0.25, -0.2) is 4.98 Å². The number of anilines is 1. The first-order valence-corrected chi connectivity index (χ1v) is 5.78. The number of nitrogens with zero attached hydrogens (tertiary/aromatic N) is 3. The van der Waals surface area contributed by atoms with Crippen LogP contribution in [0.5, 0.6) is 0 Å². The Morgan fingerprint density at radius 2 is 2.24 bits per heavy atom. The molecule has 0 fully saturated rings. The van der Waals surface area contributed by atoms with E-state index in [2.05, 4.69) is 15.3 Å². The summed E-state index contributed by atoms with van der Waals surface area (Å²) < 4.78 is 0. The molecule has 7 heteroatoms. The molecule has 0 aliphatic rings. The average Bonchev–Trinajstić information content (AvgIpc) is 2.26. The molecule has 0 saturated carbocycles. The van der Waals surface area contributed by atoms with Crippen molar-refractivity contribution in [3.8, 4) is 0 Å². The van der Waals surface area contributed by atoms with Crippen molar-refractivity contribution >= 4 is 35.0 Å². The van der Waals surface area contributed by atoms with Crippen molar-refractivity contribution < 1.29 is 0 Å². The molecule has 3 N–H and O–H groups in total. The number of nitrogens with one attached hydrogen (secondary N) is 1. The highest BCUT2D eigenvalue weighted by molar-refractivity contribution is 6.35. The molecule has 0 aromatic carbocycles.